The average Bonchev–Trinajstić information content (AvgIpc) is 3.08. The molecule has 0 amide bonds. The van der Waals surface area contributed by atoms with Gasteiger partial charge in [-0.3, -0.25) is 9.69 Å². The van der Waals surface area contributed by atoms with Crippen LogP contribution in [0.3, 0.4) is 0 Å². The van der Waals surface area contributed by atoms with Gasteiger partial charge in [-0.15, -0.1) is 0 Å². The van der Waals surface area contributed by atoms with Gasteiger partial charge >= 0.3 is 11.9 Å². The SMILES string of the molecule is CCOC(=O)c1c(CN(CC)CC)oc2c1c(Cl)c(OC(C)=O)c1ccccc12. The van der Waals surface area contributed by atoms with Crippen LogP contribution < -0.4 is 4.74 Å². The van der Waals surface area contributed by atoms with Crippen LogP contribution in [0.5, 0.6) is 5.75 Å². The van der Waals surface area contributed by atoms with Crippen molar-refractivity contribution >= 4 is 45.3 Å². The predicted molar refractivity (Wildman–Crippen MR) is 113 cm³/mol. The van der Waals surface area contributed by atoms with Gasteiger partial charge in [0, 0.05) is 17.7 Å². The molecule has 0 fully saturated rings. The van der Waals surface area contributed by atoms with Crippen molar-refractivity contribution in [3.05, 3.63) is 40.6 Å². The van der Waals surface area contributed by atoms with Crippen LogP contribution in [0.1, 0.15) is 43.8 Å². The third kappa shape index (κ3) is 3.95. The fraction of sp³-hybridized carbons (Fsp3) is 0.364. The zero-order valence-electron chi connectivity index (χ0n) is 17.0. The van der Waals surface area contributed by atoms with E-state index in [-0.39, 0.29) is 22.9 Å². The molecule has 0 aliphatic carbocycles. The standard InChI is InChI=1S/C22H24ClNO5/c1-5-24(6-2)12-16-17(22(26)27-7-3)18-19(23)21(28-13(4)25)15-11-9-8-10-14(15)20(18)29-16/h8-11H,5-7,12H2,1-4H3. The molecule has 0 N–H and O–H groups in total. The quantitative estimate of drug-likeness (QED) is 0.389. The van der Waals surface area contributed by atoms with Crippen molar-refractivity contribution in [2.75, 3.05) is 19.7 Å². The fourth-order valence-corrected chi connectivity index (χ4v) is 3.73. The van der Waals surface area contributed by atoms with E-state index >= 15 is 0 Å². The van der Waals surface area contributed by atoms with E-state index in [0.29, 0.717) is 34.0 Å². The van der Waals surface area contributed by atoms with Crippen molar-refractivity contribution < 1.29 is 23.5 Å². The lowest BCUT2D eigenvalue weighted by Gasteiger charge is -2.16. The molecule has 0 saturated heterocycles. The second kappa shape index (κ2) is 8.84. The van der Waals surface area contributed by atoms with Crippen molar-refractivity contribution in [1.29, 1.82) is 0 Å². The average molecular weight is 418 g/mol. The smallest absolute Gasteiger partial charge is 0.342 e. The molecule has 7 heteroatoms. The topological polar surface area (TPSA) is 69.0 Å². The van der Waals surface area contributed by atoms with Gasteiger partial charge < -0.3 is 13.9 Å². The highest BCUT2D eigenvalue weighted by molar-refractivity contribution is 6.41. The minimum Gasteiger partial charge on any atom is -0.462 e. The highest BCUT2D eigenvalue weighted by Crippen LogP contribution is 2.45. The van der Waals surface area contributed by atoms with Crippen molar-refractivity contribution in [2.24, 2.45) is 0 Å². The minimum atomic E-state index is -0.514. The number of hydrogen-bond donors (Lipinski definition) is 0. The molecule has 0 atom stereocenters. The maximum absolute atomic E-state index is 12.9. The molecule has 0 aliphatic rings. The van der Waals surface area contributed by atoms with E-state index in [4.69, 9.17) is 25.5 Å². The van der Waals surface area contributed by atoms with E-state index in [1.165, 1.54) is 6.92 Å². The Hall–Kier alpha value is -2.57. The van der Waals surface area contributed by atoms with Crippen LogP contribution in [-0.2, 0) is 16.1 Å². The van der Waals surface area contributed by atoms with E-state index in [1.54, 1.807) is 13.0 Å². The van der Waals surface area contributed by atoms with E-state index in [1.807, 2.05) is 32.0 Å². The first-order chi connectivity index (χ1) is 13.9. The van der Waals surface area contributed by atoms with Crippen molar-refractivity contribution in [3.8, 4) is 5.75 Å². The number of ether oxygens (including phenoxy) is 2. The lowest BCUT2D eigenvalue weighted by molar-refractivity contribution is -0.131. The molecule has 0 aliphatic heterocycles. The Balaban J connectivity index is 2.39. The van der Waals surface area contributed by atoms with E-state index in [0.717, 1.165) is 13.1 Å². The fourth-order valence-electron chi connectivity index (χ4n) is 3.41. The summed E-state index contributed by atoms with van der Waals surface area (Å²) in [6.45, 7) is 9.37. The highest BCUT2D eigenvalue weighted by atomic mass is 35.5. The third-order valence-corrected chi connectivity index (χ3v) is 5.16. The third-order valence-electron chi connectivity index (χ3n) is 4.80. The monoisotopic (exact) mass is 417 g/mol. The number of rotatable bonds is 7. The molecule has 1 aromatic heterocycles. The van der Waals surface area contributed by atoms with Crippen LogP contribution in [-0.4, -0.2) is 36.5 Å². The van der Waals surface area contributed by atoms with Gasteiger partial charge in [-0.05, 0) is 20.0 Å². The van der Waals surface area contributed by atoms with Gasteiger partial charge in [-0.25, -0.2) is 4.79 Å². The second-order valence-corrected chi connectivity index (χ2v) is 6.95. The Bertz CT molecular complexity index is 1070. The summed E-state index contributed by atoms with van der Waals surface area (Å²) < 4.78 is 16.9. The summed E-state index contributed by atoms with van der Waals surface area (Å²) in [5.74, 6) is -0.322. The Labute approximate surface area is 174 Å². The first kappa shape index (κ1) is 21.1. The molecule has 1 heterocycles. The Morgan fingerprint density at radius 3 is 2.34 bits per heavy atom. The van der Waals surface area contributed by atoms with Crippen LogP contribution in [0.25, 0.3) is 21.7 Å². The predicted octanol–water partition coefficient (Wildman–Crippen LogP) is 5.18. The zero-order valence-corrected chi connectivity index (χ0v) is 17.8. The molecule has 0 saturated carbocycles. The van der Waals surface area contributed by atoms with Gasteiger partial charge in [-0.2, -0.15) is 0 Å². The number of carbonyl (C=O) groups is 2. The summed E-state index contributed by atoms with van der Waals surface area (Å²) >= 11 is 6.67. The molecule has 2 aromatic carbocycles. The molecular formula is C22H24ClNO5. The molecule has 0 bridgehead atoms. The van der Waals surface area contributed by atoms with Crippen LogP contribution in [0.4, 0.5) is 0 Å². The Kier molecular flexibility index (Phi) is 6.45. The maximum atomic E-state index is 12.9. The molecule has 3 aromatic rings. The van der Waals surface area contributed by atoms with Crippen LogP contribution in [0.15, 0.2) is 28.7 Å². The number of fused-ring (bicyclic) bond motifs is 3. The number of esters is 2. The van der Waals surface area contributed by atoms with Crippen molar-refractivity contribution in [3.63, 3.8) is 0 Å². The lowest BCUT2D eigenvalue weighted by Crippen LogP contribution is -2.23. The number of halogens is 1. The number of benzene rings is 2. The van der Waals surface area contributed by atoms with Gasteiger partial charge in [-0.1, -0.05) is 49.7 Å². The highest BCUT2D eigenvalue weighted by Gasteiger charge is 2.29. The van der Waals surface area contributed by atoms with Crippen LogP contribution in [0, 0.1) is 0 Å². The molecule has 6 nitrogen and oxygen atoms in total. The van der Waals surface area contributed by atoms with Gasteiger partial charge in [0.05, 0.1) is 23.6 Å². The molecule has 29 heavy (non-hydrogen) atoms. The number of nitrogens with zero attached hydrogens (tertiary/aromatic N) is 1. The van der Waals surface area contributed by atoms with Gasteiger partial charge in [0.25, 0.3) is 0 Å². The summed E-state index contributed by atoms with van der Waals surface area (Å²) in [7, 11) is 0. The molecule has 0 unspecified atom stereocenters. The minimum absolute atomic E-state index is 0.159. The largest absolute Gasteiger partial charge is 0.462 e. The zero-order chi connectivity index (χ0) is 21.1. The first-order valence-corrected chi connectivity index (χ1v) is 10.0. The number of hydrogen-bond acceptors (Lipinski definition) is 6. The van der Waals surface area contributed by atoms with E-state index in [2.05, 4.69) is 4.90 Å². The summed E-state index contributed by atoms with van der Waals surface area (Å²) in [5.41, 5.74) is 0.754. The van der Waals surface area contributed by atoms with E-state index < -0.39 is 11.9 Å². The number of carbonyl (C=O) groups excluding carboxylic acids is 2. The van der Waals surface area contributed by atoms with Crippen LogP contribution >= 0.6 is 11.6 Å². The van der Waals surface area contributed by atoms with Gasteiger partial charge in [0.15, 0.2) is 5.75 Å². The molecule has 3 rings (SSSR count). The molecule has 0 spiro atoms. The van der Waals surface area contributed by atoms with Crippen molar-refractivity contribution in [1.82, 2.24) is 4.90 Å². The Morgan fingerprint density at radius 2 is 1.76 bits per heavy atom. The molecule has 154 valence electrons. The van der Waals surface area contributed by atoms with Gasteiger partial charge in [0.2, 0.25) is 0 Å². The first-order valence-electron chi connectivity index (χ1n) is 9.66. The summed E-state index contributed by atoms with van der Waals surface area (Å²) in [5, 5.41) is 1.91. The summed E-state index contributed by atoms with van der Waals surface area (Å²) in [4.78, 5) is 26.7. The summed E-state index contributed by atoms with van der Waals surface area (Å²) in [6, 6.07) is 7.32. The lowest BCUT2D eigenvalue weighted by atomic mass is 10.0. The van der Waals surface area contributed by atoms with E-state index in [9.17, 15) is 9.59 Å². The normalized spacial score (nSPS) is 11.4. The molecular weight excluding hydrogens is 394 g/mol. The molecule has 0 radical (unpaired) electrons. The van der Waals surface area contributed by atoms with Gasteiger partial charge in [0.1, 0.15) is 16.9 Å². The van der Waals surface area contributed by atoms with Crippen LogP contribution in [0.2, 0.25) is 5.02 Å². The Morgan fingerprint density at radius 1 is 1.10 bits per heavy atom. The second-order valence-electron chi connectivity index (χ2n) is 6.57. The maximum Gasteiger partial charge on any atom is 0.342 e. The van der Waals surface area contributed by atoms with Crippen molar-refractivity contribution in [2.45, 2.75) is 34.2 Å². The number of furan rings is 1. The summed E-state index contributed by atoms with van der Waals surface area (Å²) in [6.07, 6.45) is 0.